The van der Waals surface area contributed by atoms with E-state index < -0.39 is 37.0 Å². The van der Waals surface area contributed by atoms with Gasteiger partial charge in [0, 0.05) is 0 Å². The van der Waals surface area contributed by atoms with Crippen molar-refractivity contribution in [2.24, 2.45) is 0 Å². The van der Waals surface area contributed by atoms with E-state index in [1.165, 1.54) is 0 Å². The van der Waals surface area contributed by atoms with Crippen molar-refractivity contribution < 1.29 is 34.4 Å². The van der Waals surface area contributed by atoms with Crippen molar-refractivity contribution in [3.8, 4) is 0 Å². The maximum Gasteiger partial charge on any atom is 0.364 e. The normalized spacial score (nSPS) is 39.1. The van der Waals surface area contributed by atoms with Crippen molar-refractivity contribution in [3.63, 3.8) is 0 Å². The molecular weight excluding hydrogens is 254 g/mol. The Kier molecular flexibility index (Phi) is 2.32. The quantitative estimate of drug-likeness (QED) is 0.582. The molecule has 1 heterocycles. The number of halogens is 4. The van der Waals surface area contributed by atoms with E-state index in [1.54, 1.807) is 4.13 Å². The number of hydrogen-bond acceptors (Lipinski definition) is 4. The van der Waals surface area contributed by atoms with E-state index in [9.17, 15) is 34.4 Å². The predicted molar refractivity (Wildman–Crippen MR) is 35.9 cm³/mol. The fourth-order valence-electron chi connectivity index (χ4n) is 0.673. The minimum atomic E-state index is -5.86. The van der Waals surface area contributed by atoms with Crippen molar-refractivity contribution in [1.29, 1.82) is 0 Å². The molecule has 1 rings (SSSR count). The molecule has 0 amide bonds. The molecule has 14 heavy (non-hydrogen) atoms. The summed E-state index contributed by atoms with van der Waals surface area (Å²) in [5.41, 5.74) is -3.67. The van der Waals surface area contributed by atoms with Gasteiger partial charge in [-0.2, -0.15) is 8.78 Å². The van der Waals surface area contributed by atoms with Crippen LogP contribution in [0.25, 0.3) is 4.13 Å². The van der Waals surface area contributed by atoms with E-state index >= 15 is 0 Å². The molecule has 0 aromatic heterocycles. The Hall–Kier alpha value is -0.420. The maximum absolute atomic E-state index is 12.4. The van der Waals surface area contributed by atoms with E-state index in [1.807, 2.05) is 0 Å². The number of alkyl halides is 4. The molecule has 1 aliphatic heterocycles. The SMILES string of the molecule is O=S1(=O)[N-]S(=O)(=O)C(F)(F)C(F)C1F. The molecule has 0 saturated carbocycles. The first kappa shape index (κ1) is 11.7. The zero-order valence-electron chi connectivity index (χ0n) is 6.06. The number of hydrogen-bond donors (Lipinski definition) is 0. The second kappa shape index (κ2) is 2.79. The summed E-state index contributed by atoms with van der Waals surface area (Å²) in [7, 11) is -11.2. The van der Waals surface area contributed by atoms with Crippen LogP contribution in [0.15, 0.2) is 0 Å². The van der Waals surface area contributed by atoms with Gasteiger partial charge in [-0.1, -0.05) is 0 Å². The van der Waals surface area contributed by atoms with Crippen molar-refractivity contribution >= 4 is 20.0 Å². The fourth-order valence-corrected chi connectivity index (χ4v) is 3.46. The van der Waals surface area contributed by atoms with Crippen LogP contribution in [-0.4, -0.2) is 33.8 Å². The topological polar surface area (TPSA) is 82.4 Å². The van der Waals surface area contributed by atoms with Crippen LogP contribution in [0.1, 0.15) is 0 Å². The second-order valence-corrected chi connectivity index (χ2v) is 5.95. The number of nitrogens with zero attached hydrogens (tertiary/aromatic N) is 1. The molecule has 0 spiro atoms. The Morgan fingerprint density at radius 2 is 1.50 bits per heavy atom. The van der Waals surface area contributed by atoms with Crippen molar-refractivity contribution in [3.05, 3.63) is 4.13 Å². The van der Waals surface area contributed by atoms with Crippen LogP contribution in [0.3, 0.4) is 0 Å². The molecule has 0 radical (unpaired) electrons. The van der Waals surface area contributed by atoms with Crippen molar-refractivity contribution in [2.75, 3.05) is 0 Å². The highest BCUT2D eigenvalue weighted by Gasteiger charge is 2.59. The van der Waals surface area contributed by atoms with Crippen LogP contribution in [-0.2, 0) is 20.0 Å². The summed E-state index contributed by atoms with van der Waals surface area (Å²) >= 11 is 0. The maximum atomic E-state index is 12.4. The monoisotopic (exact) mass is 256 g/mol. The van der Waals surface area contributed by atoms with E-state index in [-0.39, 0.29) is 0 Å². The lowest BCUT2D eigenvalue weighted by molar-refractivity contribution is -0.0160. The highest BCUT2D eigenvalue weighted by Crippen LogP contribution is 2.43. The van der Waals surface area contributed by atoms with Crippen molar-refractivity contribution in [1.82, 2.24) is 0 Å². The second-order valence-electron chi connectivity index (χ2n) is 2.38. The zero-order chi connectivity index (χ0) is 11.4. The van der Waals surface area contributed by atoms with Gasteiger partial charge in [0.15, 0.2) is 10.0 Å². The lowest BCUT2D eigenvalue weighted by Crippen LogP contribution is -2.51. The molecule has 0 aliphatic carbocycles. The van der Waals surface area contributed by atoms with Gasteiger partial charge >= 0.3 is 5.25 Å². The first-order valence-electron chi connectivity index (χ1n) is 2.91. The number of rotatable bonds is 0. The van der Waals surface area contributed by atoms with Gasteiger partial charge in [-0.15, -0.1) is 0 Å². The van der Waals surface area contributed by atoms with Gasteiger partial charge in [-0.05, 0) is 0 Å². The minimum absolute atomic E-state index is 1.61. The molecule has 5 nitrogen and oxygen atoms in total. The molecule has 2 unspecified atom stereocenters. The molecule has 0 aromatic rings. The average Bonchev–Trinajstić information content (AvgIpc) is 1.97. The summed E-state index contributed by atoms with van der Waals surface area (Å²) in [6, 6.07) is 0. The van der Waals surface area contributed by atoms with Crippen LogP contribution in [0.4, 0.5) is 17.6 Å². The van der Waals surface area contributed by atoms with Crippen LogP contribution in [0, 0.1) is 0 Å². The molecule has 11 heteroatoms. The Labute approximate surface area is 76.2 Å². The van der Waals surface area contributed by atoms with E-state index in [2.05, 4.69) is 0 Å². The lowest BCUT2D eigenvalue weighted by Gasteiger charge is -2.36. The van der Waals surface area contributed by atoms with Gasteiger partial charge in [0.05, 0.1) is 0 Å². The molecular formula is C3H2F4NO4S2-. The molecule has 1 saturated heterocycles. The number of sulfonamides is 2. The minimum Gasteiger partial charge on any atom is -0.428 e. The van der Waals surface area contributed by atoms with Crippen LogP contribution >= 0.6 is 0 Å². The third-order valence-electron chi connectivity index (χ3n) is 1.38. The summed E-state index contributed by atoms with van der Waals surface area (Å²) in [6.45, 7) is 0. The lowest BCUT2D eigenvalue weighted by atomic mass is 10.4. The molecule has 84 valence electrons. The van der Waals surface area contributed by atoms with Crippen LogP contribution < -0.4 is 0 Å². The summed E-state index contributed by atoms with van der Waals surface area (Å²) < 4.78 is 92.8. The van der Waals surface area contributed by atoms with Gasteiger partial charge in [0.2, 0.25) is 11.7 Å². The van der Waals surface area contributed by atoms with E-state index in [4.69, 9.17) is 0 Å². The summed E-state index contributed by atoms with van der Waals surface area (Å²) in [6.07, 6.45) is -3.96. The summed E-state index contributed by atoms with van der Waals surface area (Å²) in [5, 5.41) is -5.16. The van der Waals surface area contributed by atoms with E-state index in [0.717, 1.165) is 0 Å². The van der Waals surface area contributed by atoms with Gasteiger partial charge in [-0.3, -0.25) is 0 Å². The Morgan fingerprint density at radius 3 is 1.93 bits per heavy atom. The highest BCUT2D eigenvalue weighted by atomic mass is 32.3. The van der Waals surface area contributed by atoms with Gasteiger partial charge < -0.3 is 4.13 Å². The van der Waals surface area contributed by atoms with Gasteiger partial charge in [-0.25, -0.2) is 25.6 Å². The first-order chi connectivity index (χ1) is 6.02. The van der Waals surface area contributed by atoms with Gasteiger partial charge in [0.1, 0.15) is 10.0 Å². The largest absolute Gasteiger partial charge is 0.428 e. The van der Waals surface area contributed by atoms with Crippen molar-refractivity contribution in [2.45, 2.75) is 16.9 Å². The molecule has 0 N–H and O–H groups in total. The Morgan fingerprint density at radius 1 is 1.07 bits per heavy atom. The van der Waals surface area contributed by atoms with E-state index in [0.29, 0.717) is 0 Å². The average molecular weight is 256 g/mol. The molecule has 1 fully saturated rings. The van der Waals surface area contributed by atoms with Gasteiger partial charge in [0.25, 0.3) is 0 Å². The highest BCUT2D eigenvalue weighted by molar-refractivity contribution is 8.13. The summed E-state index contributed by atoms with van der Waals surface area (Å²) in [5.74, 6) is 0. The standard InChI is InChI=1S/C3H2F4NO4S2/c4-1-2(5)13(9,10)8-14(11,12)3(1,6)7/h1-2H/q-1. The molecule has 1 aliphatic rings. The third kappa shape index (κ3) is 1.39. The predicted octanol–water partition coefficient (Wildman–Crippen LogP) is 0.260. The first-order valence-corrected chi connectivity index (χ1v) is 5.85. The summed E-state index contributed by atoms with van der Waals surface area (Å²) in [4.78, 5) is 0. The smallest absolute Gasteiger partial charge is 0.364 e. The Bertz CT molecular complexity index is 441. The Balaban J connectivity index is 3.37. The molecule has 0 bridgehead atoms. The molecule has 0 aromatic carbocycles. The zero-order valence-corrected chi connectivity index (χ0v) is 7.70. The third-order valence-corrected chi connectivity index (χ3v) is 4.72. The molecule has 2 atom stereocenters. The fraction of sp³-hybridized carbons (Fsp3) is 1.00. The van der Waals surface area contributed by atoms with Crippen LogP contribution in [0.5, 0.6) is 0 Å². The van der Waals surface area contributed by atoms with Crippen LogP contribution in [0.2, 0.25) is 0 Å².